The Balaban J connectivity index is 1.27. The fourth-order valence-corrected chi connectivity index (χ4v) is 8.61. The van der Waals surface area contributed by atoms with Crippen LogP contribution >= 0.6 is 0 Å². The average molecular weight is 527 g/mol. The van der Waals surface area contributed by atoms with Crippen LogP contribution in [-0.4, -0.2) is 12.1 Å². The molecule has 2 unspecified atom stereocenters. The van der Waals surface area contributed by atoms with Crippen molar-refractivity contribution in [2.24, 2.45) is 46.3 Å². The van der Waals surface area contributed by atoms with Crippen LogP contribution in [0.5, 0.6) is 0 Å². The van der Waals surface area contributed by atoms with Crippen molar-refractivity contribution in [3.63, 3.8) is 0 Å². The van der Waals surface area contributed by atoms with Crippen LogP contribution in [0.15, 0.2) is 71.9 Å². The summed E-state index contributed by atoms with van der Waals surface area (Å²) in [6, 6.07) is 9.95. The summed E-state index contributed by atoms with van der Waals surface area (Å²) in [5, 5.41) is 0. The zero-order valence-electron chi connectivity index (χ0n) is 25.2. The van der Waals surface area contributed by atoms with Gasteiger partial charge in [0.25, 0.3) is 0 Å². The van der Waals surface area contributed by atoms with Gasteiger partial charge in [0.15, 0.2) is 0 Å². The highest BCUT2D eigenvalue weighted by molar-refractivity contribution is 5.87. The summed E-state index contributed by atoms with van der Waals surface area (Å²) in [7, 11) is 0. The van der Waals surface area contributed by atoms with E-state index in [0.717, 1.165) is 30.7 Å². The summed E-state index contributed by atoms with van der Waals surface area (Å²) in [5.74, 6) is 3.91. The predicted molar refractivity (Wildman–Crippen MR) is 163 cm³/mol. The van der Waals surface area contributed by atoms with Crippen LogP contribution in [0.4, 0.5) is 0 Å². The zero-order valence-corrected chi connectivity index (χ0v) is 25.2. The number of fused-ring (bicyclic) bond motifs is 5. The summed E-state index contributed by atoms with van der Waals surface area (Å²) in [4.78, 5) is 12.6. The fraction of sp³-hybridized carbons (Fsp3) is 0.595. The number of carbonyl (C=O) groups excluding carboxylic acids is 1. The highest BCUT2D eigenvalue weighted by Gasteiger charge is 2.57. The maximum absolute atomic E-state index is 12.6. The molecule has 8 atom stereocenters. The Kier molecular flexibility index (Phi) is 8.14. The molecule has 0 amide bonds. The summed E-state index contributed by atoms with van der Waals surface area (Å²) >= 11 is 0. The van der Waals surface area contributed by atoms with Gasteiger partial charge in [-0.25, -0.2) is 4.79 Å². The van der Waals surface area contributed by atoms with Gasteiger partial charge in [0.05, 0.1) is 0 Å². The van der Waals surface area contributed by atoms with E-state index in [9.17, 15) is 4.79 Å². The molecule has 1 aromatic rings. The maximum Gasteiger partial charge on any atom is 0.331 e. The molecule has 2 nitrogen and oxygen atoms in total. The van der Waals surface area contributed by atoms with E-state index in [1.807, 2.05) is 36.4 Å². The third kappa shape index (κ3) is 5.50. The summed E-state index contributed by atoms with van der Waals surface area (Å²) < 4.78 is 5.93. The van der Waals surface area contributed by atoms with E-state index < -0.39 is 0 Å². The van der Waals surface area contributed by atoms with Crippen molar-refractivity contribution in [1.29, 1.82) is 0 Å². The van der Waals surface area contributed by atoms with Gasteiger partial charge in [0.1, 0.15) is 6.10 Å². The number of ether oxygens (including phenoxy) is 1. The molecule has 0 bridgehead atoms. The lowest BCUT2D eigenvalue weighted by Crippen LogP contribution is -2.46. The molecule has 39 heavy (non-hydrogen) atoms. The number of hydrogen-bond acceptors (Lipinski definition) is 2. The van der Waals surface area contributed by atoms with Crippen LogP contribution in [0.1, 0.15) is 92.1 Å². The van der Waals surface area contributed by atoms with Gasteiger partial charge in [-0.05, 0) is 96.5 Å². The van der Waals surface area contributed by atoms with Crippen molar-refractivity contribution in [3.05, 3.63) is 77.4 Å². The van der Waals surface area contributed by atoms with Crippen LogP contribution in [-0.2, 0) is 9.53 Å². The van der Waals surface area contributed by atoms with Gasteiger partial charge in [0.2, 0.25) is 0 Å². The van der Waals surface area contributed by atoms with Gasteiger partial charge in [-0.15, -0.1) is 0 Å². The summed E-state index contributed by atoms with van der Waals surface area (Å²) in [6.45, 7) is 14.6. The molecule has 0 heterocycles. The SMILES string of the molecule is CC(C)[C@@H](C)/C=C/[C@@H](C)[C@H]1CCC2C3=CC=C4C[C@@H](OC(=O)C=Cc5ccccc5)CC[C@]4(C)C3CC[C@@]21C. The number of esters is 1. The van der Waals surface area contributed by atoms with Crippen molar-refractivity contribution in [2.45, 2.75) is 92.6 Å². The number of hydrogen-bond donors (Lipinski definition) is 0. The Hall–Kier alpha value is -2.35. The first-order valence-corrected chi connectivity index (χ1v) is 15.6. The standard InChI is InChI=1S/C37H50O2/c1-25(2)26(3)12-13-27(4)32-17-18-33-31-16-15-29-24-30(39-35(38)19-14-28-10-8-7-9-11-28)20-22-36(29,5)34(31)21-23-37(32,33)6/h7-16,19,25-27,30,32-34H,17-18,20-24H2,1-6H3/b13-12+,19-14?/t26-,27+,30-,32+,33?,34?,36-,37+/m0/s1. The summed E-state index contributed by atoms with van der Waals surface area (Å²) in [5.41, 5.74) is 4.89. The number of allylic oxidation sites excluding steroid dienone is 5. The van der Waals surface area contributed by atoms with Crippen LogP contribution < -0.4 is 0 Å². The molecule has 0 saturated heterocycles. The van der Waals surface area contributed by atoms with Gasteiger partial charge >= 0.3 is 5.97 Å². The van der Waals surface area contributed by atoms with E-state index in [1.54, 1.807) is 11.6 Å². The highest BCUT2D eigenvalue weighted by Crippen LogP contribution is 2.66. The second-order valence-corrected chi connectivity index (χ2v) is 14.0. The lowest BCUT2D eigenvalue weighted by Gasteiger charge is -2.55. The molecule has 4 aliphatic rings. The molecule has 1 aromatic carbocycles. The van der Waals surface area contributed by atoms with E-state index in [0.29, 0.717) is 35.0 Å². The Labute approximate surface area is 237 Å². The third-order valence-corrected chi connectivity index (χ3v) is 11.5. The van der Waals surface area contributed by atoms with Crippen LogP contribution in [0, 0.1) is 46.3 Å². The second-order valence-electron chi connectivity index (χ2n) is 14.0. The normalized spacial score (nSPS) is 35.7. The van der Waals surface area contributed by atoms with E-state index in [1.165, 1.54) is 31.3 Å². The van der Waals surface area contributed by atoms with Gasteiger partial charge in [-0.1, -0.05) is 107 Å². The van der Waals surface area contributed by atoms with Crippen molar-refractivity contribution >= 4 is 12.0 Å². The zero-order chi connectivity index (χ0) is 27.8. The number of rotatable bonds is 7. The molecule has 4 aliphatic carbocycles. The Morgan fingerprint density at radius 2 is 1.69 bits per heavy atom. The second kappa shape index (κ2) is 11.3. The number of benzene rings is 1. The molecule has 3 saturated carbocycles. The topological polar surface area (TPSA) is 26.3 Å². The average Bonchev–Trinajstić information content (AvgIpc) is 3.28. The minimum Gasteiger partial charge on any atom is -0.459 e. The van der Waals surface area contributed by atoms with E-state index in [-0.39, 0.29) is 17.5 Å². The smallest absolute Gasteiger partial charge is 0.331 e. The Morgan fingerprint density at radius 1 is 0.923 bits per heavy atom. The van der Waals surface area contributed by atoms with Crippen molar-refractivity contribution in [2.75, 3.05) is 0 Å². The van der Waals surface area contributed by atoms with Crippen LogP contribution in [0.25, 0.3) is 6.08 Å². The van der Waals surface area contributed by atoms with Crippen molar-refractivity contribution in [3.8, 4) is 0 Å². The Morgan fingerprint density at radius 3 is 2.44 bits per heavy atom. The predicted octanol–water partition coefficient (Wildman–Crippen LogP) is 9.60. The molecule has 0 radical (unpaired) electrons. The lowest BCUT2D eigenvalue weighted by atomic mass is 9.50. The molecule has 210 valence electrons. The largest absolute Gasteiger partial charge is 0.459 e. The molecule has 3 fully saturated rings. The highest BCUT2D eigenvalue weighted by atomic mass is 16.5. The molecule has 0 spiro atoms. The first-order chi connectivity index (χ1) is 18.6. The van der Waals surface area contributed by atoms with E-state index in [4.69, 9.17) is 4.74 Å². The van der Waals surface area contributed by atoms with Gasteiger partial charge < -0.3 is 4.74 Å². The molecular weight excluding hydrogens is 476 g/mol. The van der Waals surface area contributed by atoms with Crippen LogP contribution in [0.3, 0.4) is 0 Å². The monoisotopic (exact) mass is 526 g/mol. The molecule has 0 N–H and O–H groups in total. The molecule has 0 aromatic heterocycles. The van der Waals surface area contributed by atoms with Crippen molar-refractivity contribution in [1.82, 2.24) is 0 Å². The first-order valence-electron chi connectivity index (χ1n) is 15.6. The van der Waals surface area contributed by atoms with E-state index in [2.05, 4.69) is 65.8 Å². The van der Waals surface area contributed by atoms with Crippen LogP contribution in [0.2, 0.25) is 0 Å². The third-order valence-electron chi connectivity index (χ3n) is 11.5. The minimum atomic E-state index is -0.225. The van der Waals surface area contributed by atoms with E-state index >= 15 is 0 Å². The minimum absolute atomic E-state index is 0.0159. The van der Waals surface area contributed by atoms with Crippen molar-refractivity contribution < 1.29 is 9.53 Å². The maximum atomic E-state index is 12.6. The fourth-order valence-electron chi connectivity index (χ4n) is 8.61. The lowest BCUT2D eigenvalue weighted by molar-refractivity contribution is -0.144. The summed E-state index contributed by atoms with van der Waals surface area (Å²) in [6.07, 6.45) is 21.7. The molecular formula is C37H50O2. The Bertz CT molecular complexity index is 1150. The van der Waals surface area contributed by atoms with Gasteiger partial charge in [-0.3, -0.25) is 0 Å². The molecule has 5 rings (SSSR count). The first kappa shape index (κ1) is 28.2. The van der Waals surface area contributed by atoms with Gasteiger partial charge in [0, 0.05) is 12.5 Å². The quantitative estimate of drug-likeness (QED) is 0.201. The van der Waals surface area contributed by atoms with Gasteiger partial charge in [-0.2, -0.15) is 0 Å². The number of carbonyl (C=O) groups is 1. The molecule has 2 heteroatoms. The molecule has 0 aliphatic heterocycles.